The van der Waals surface area contributed by atoms with E-state index >= 15 is 0 Å². The second-order valence-electron chi connectivity index (χ2n) is 8.00. The molecule has 0 aliphatic carbocycles. The molecule has 1 amide bonds. The Morgan fingerprint density at radius 3 is 2.33 bits per heavy atom. The third kappa shape index (κ3) is 4.28. The van der Waals surface area contributed by atoms with E-state index in [1.165, 1.54) is 17.0 Å². The average molecular weight is 410 g/mol. The highest BCUT2D eigenvalue weighted by Gasteiger charge is 2.45. The molecule has 1 saturated heterocycles. The molecule has 1 fully saturated rings. The van der Waals surface area contributed by atoms with Crippen LogP contribution in [0.2, 0.25) is 0 Å². The first kappa shape index (κ1) is 21.7. The SMILES string of the molecule is Cc1ccc(/C(O)=C2/C(=O)C(=O)N(CCCN(C)C)C2c2ccc(F)cc2)cc1C. The Balaban J connectivity index is 2.10. The fourth-order valence-corrected chi connectivity index (χ4v) is 3.70. The predicted molar refractivity (Wildman–Crippen MR) is 114 cm³/mol. The van der Waals surface area contributed by atoms with Crippen LogP contribution in [0, 0.1) is 19.7 Å². The van der Waals surface area contributed by atoms with Gasteiger partial charge in [0.1, 0.15) is 11.6 Å². The molecule has 2 aromatic rings. The Bertz CT molecular complexity index is 996. The number of benzene rings is 2. The van der Waals surface area contributed by atoms with Gasteiger partial charge >= 0.3 is 0 Å². The molecule has 0 spiro atoms. The molecule has 6 heteroatoms. The molecule has 1 aliphatic rings. The maximum absolute atomic E-state index is 13.5. The Kier molecular flexibility index (Phi) is 6.37. The van der Waals surface area contributed by atoms with Crippen molar-refractivity contribution in [1.82, 2.24) is 9.80 Å². The van der Waals surface area contributed by atoms with Crippen molar-refractivity contribution in [3.05, 3.63) is 76.1 Å². The minimum absolute atomic E-state index is 0.0414. The van der Waals surface area contributed by atoms with Crippen LogP contribution >= 0.6 is 0 Å². The number of rotatable bonds is 6. The average Bonchev–Trinajstić information content (AvgIpc) is 2.95. The molecule has 5 nitrogen and oxygen atoms in total. The summed E-state index contributed by atoms with van der Waals surface area (Å²) in [6.07, 6.45) is 0.668. The number of hydrogen-bond acceptors (Lipinski definition) is 4. The van der Waals surface area contributed by atoms with Crippen molar-refractivity contribution in [3.63, 3.8) is 0 Å². The molecule has 1 heterocycles. The van der Waals surface area contributed by atoms with Gasteiger partial charge in [-0.25, -0.2) is 4.39 Å². The Morgan fingerprint density at radius 2 is 1.73 bits per heavy atom. The molecule has 3 rings (SSSR count). The highest BCUT2D eigenvalue weighted by atomic mass is 19.1. The summed E-state index contributed by atoms with van der Waals surface area (Å²) in [4.78, 5) is 29.3. The van der Waals surface area contributed by atoms with Crippen molar-refractivity contribution in [2.75, 3.05) is 27.2 Å². The summed E-state index contributed by atoms with van der Waals surface area (Å²) >= 11 is 0. The van der Waals surface area contributed by atoms with Gasteiger partial charge in [-0.05, 0) is 75.8 Å². The highest BCUT2D eigenvalue weighted by Crippen LogP contribution is 2.39. The molecular formula is C24H27FN2O3. The first-order valence-electron chi connectivity index (χ1n) is 9.97. The van der Waals surface area contributed by atoms with Crippen molar-refractivity contribution in [2.45, 2.75) is 26.3 Å². The lowest BCUT2D eigenvalue weighted by Crippen LogP contribution is -2.32. The normalized spacial score (nSPS) is 18.5. The number of nitrogens with zero attached hydrogens (tertiary/aromatic N) is 2. The lowest BCUT2D eigenvalue weighted by Gasteiger charge is -2.26. The fraction of sp³-hybridized carbons (Fsp3) is 0.333. The van der Waals surface area contributed by atoms with E-state index < -0.39 is 23.5 Å². The van der Waals surface area contributed by atoms with Gasteiger partial charge in [-0.2, -0.15) is 0 Å². The van der Waals surface area contributed by atoms with Gasteiger partial charge < -0.3 is 14.9 Å². The summed E-state index contributed by atoms with van der Waals surface area (Å²) in [6.45, 7) is 4.98. The lowest BCUT2D eigenvalue weighted by molar-refractivity contribution is -0.139. The minimum atomic E-state index is -0.755. The number of aryl methyl sites for hydroxylation is 2. The summed E-state index contributed by atoms with van der Waals surface area (Å²) in [6, 6.07) is 10.3. The van der Waals surface area contributed by atoms with Crippen molar-refractivity contribution in [1.29, 1.82) is 0 Å². The van der Waals surface area contributed by atoms with E-state index in [9.17, 15) is 19.1 Å². The number of aliphatic hydroxyl groups excluding tert-OH is 1. The third-order valence-corrected chi connectivity index (χ3v) is 5.51. The topological polar surface area (TPSA) is 60.9 Å². The molecule has 0 bridgehead atoms. The van der Waals surface area contributed by atoms with E-state index in [0.29, 0.717) is 24.1 Å². The van der Waals surface area contributed by atoms with Gasteiger partial charge in [-0.15, -0.1) is 0 Å². The van der Waals surface area contributed by atoms with Crippen molar-refractivity contribution in [2.24, 2.45) is 0 Å². The molecule has 0 saturated carbocycles. The zero-order valence-electron chi connectivity index (χ0n) is 17.8. The van der Waals surface area contributed by atoms with E-state index in [0.717, 1.165) is 17.7 Å². The Morgan fingerprint density at radius 1 is 1.07 bits per heavy atom. The zero-order valence-corrected chi connectivity index (χ0v) is 17.8. The van der Waals surface area contributed by atoms with Crippen molar-refractivity contribution in [3.8, 4) is 0 Å². The van der Waals surface area contributed by atoms with Gasteiger partial charge in [-0.1, -0.05) is 24.3 Å². The maximum Gasteiger partial charge on any atom is 0.295 e. The molecule has 1 aliphatic heterocycles. The number of amides is 1. The Labute approximate surface area is 176 Å². The molecule has 1 unspecified atom stereocenters. The van der Waals surface area contributed by atoms with Crippen LogP contribution in [0.4, 0.5) is 4.39 Å². The quantitative estimate of drug-likeness (QED) is 0.447. The molecule has 2 aromatic carbocycles. The Hall–Kier alpha value is -2.99. The zero-order chi connectivity index (χ0) is 22.0. The van der Waals surface area contributed by atoms with Crippen LogP contribution in [0.3, 0.4) is 0 Å². The van der Waals surface area contributed by atoms with Crippen LogP contribution in [0.15, 0.2) is 48.0 Å². The standard InChI is InChI=1S/C24H27FN2O3/c1-15-6-7-18(14-16(15)2)22(28)20-21(17-8-10-19(25)11-9-17)27(24(30)23(20)29)13-5-12-26(3)4/h6-11,14,21,28H,5,12-13H2,1-4H3/b22-20-. The van der Waals surface area contributed by atoms with E-state index in [4.69, 9.17) is 0 Å². The second-order valence-corrected chi connectivity index (χ2v) is 8.00. The number of carbonyl (C=O) groups is 2. The number of aliphatic hydroxyl groups is 1. The van der Waals surface area contributed by atoms with Gasteiger partial charge in [0.15, 0.2) is 0 Å². The molecule has 158 valence electrons. The number of halogens is 1. The summed E-state index contributed by atoms with van der Waals surface area (Å²) < 4.78 is 13.5. The monoisotopic (exact) mass is 410 g/mol. The number of hydrogen-bond donors (Lipinski definition) is 1. The second kappa shape index (κ2) is 8.79. The summed E-state index contributed by atoms with van der Waals surface area (Å²) in [7, 11) is 3.87. The lowest BCUT2D eigenvalue weighted by atomic mass is 9.94. The van der Waals surface area contributed by atoms with Crippen LogP contribution in [0.25, 0.3) is 5.76 Å². The van der Waals surface area contributed by atoms with Crippen molar-refractivity contribution >= 4 is 17.4 Å². The van der Waals surface area contributed by atoms with Gasteiger partial charge in [0, 0.05) is 12.1 Å². The van der Waals surface area contributed by atoms with E-state index in [1.54, 1.807) is 24.3 Å². The molecule has 0 aromatic heterocycles. The van der Waals surface area contributed by atoms with Gasteiger partial charge in [0.25, 0.3) is 11.7 Å². The number of ketones is 1. The largest absolute Gasteiger partial charge is 0.507 e. The van der Waals surface area contributed by atoms with Gasteiger partial charge in [-0.3, -0.25) is 9.59 Å². The minimum Gasteiger partial charge on any atom is -0.507 e. The van der Waals surface area contributed by atoms with E-state index in [1.807, 2.05) is 38.9 Å². The molecule has 0 radical (unpaired) electrons. The predicted octanol–water partition coefficient (Wildman–Crippen LogP) is 3.82. The number of carbonyl (C=O) groups excluding carboxylic acids is 2. The highest BCUT2D eigenvalue weighted by molar-refractivity contribution is 6.46. The third-order valence-electron chi connectivity index (χ3n) is 5.51. The fourth-order valence-electron chi connectivity index (χ4n) is 3.70. The molecule has 1 atom stereocenters. The number of Topliss-reactive ketones (excluding diaryl/α,β-unsaturated/α-hetero) is 1. The number of likely N-dealkylation sites (tertiary alicyclic amines) is 1. The van der Waals surface area contributed by atoms with Crippen LogP contribution in [-0.2, 0) is 9.59 Å². The van der Waals surface area contributed by atoms with E-state index in [2.05, 4.69) is 0 Å². The molecular weight excluding hydrogens is 383 g/mol. The van der Waals surface area contributed by atoms with E-state index in [-0.39, 0.29) is 11.3 Å². The molecule has 30 heavy (non-hydrogen) atoms. The van der Waals surface area contributed by atoms with Gasteiger partial charge in [0.05, 0.1) is 11.6 Å². The van der Waals surface area contributed by atoms with Crippen molar-refractivity contribution < 1.29 is 19.1 Å². The van der Waals surface area contributed by atoms with Gasteiger partial charge in [0.2, 0.25) is 0 Å². The molecule has 1 N–H and O–H groups in total. The maximum atomic E-state index is 13.5. The van der Waals surface area contributed by atoms with Crippen LogP contribution in [0.5, 0.6) is 0 Å². The van der Waals surface area contributed by atoms with Crippen LogP contribution in [-0.4, -0.2) is 53.8 Å². The smallest absolute Gasteiger partial charge is 0.295 e. The summed E-state index contributed by atoms with van der Waals surface area (Å²) in [5, 5.41) is 11.0. The summed E-state index contributed by atoms with van der Waals surface area (Å²) in [5.74, 6) is -1.98. The summed E-state index contributed by atoms with van der Waals surface area (Å²) in [5.41, 5.74) is 3.14. The first-order valence-corrected chi connectivity index (χ1v) is 9.97. The van der Waals surface area contributed by atoms with Crippen LogP contribution < -0.4 is 0 Å². The first-order chi connectivity index (χ1) is 14.2. The van der Waals surface area contributed by atoms with Crippen LogP contribution in [0.1, 0.15) is 34.7 Å².